The van der Waals surface area contributed by atoms with Gasteiger partial charge in [0.05, 0.1) is 5.02 Å². The van der Waals surface area contributed by atoms with Gasteiger partial charge in [-0.3, -0.25) is 0 Å². The molecule has 0 amide bonds. The van der Waals surface area contributed by atoms with Crippen molar-refractivity contribution >= 4 is 17.6 Å². The Morgan fingerprint density at radius 1 is 1.17 bits per heavy atom. The van der Waals surface area contributed by atoms with E-state index >= 15 is 0 Å². The van der Waals surface area contributed by atoms with Crippen molar-refractivity contribution in [2.24, 2.45) is 0 Å². The number of para-hydroxylation sites is 1. The number of hydrogen-bond donors (Lipinski definition) is 1. The molecular formula is C14H11ClO3. The van der Waals surface area contributed by atoms with Crippen LogP contribution in [-0.2, 0) is 0 Å². The van der Waals surface area contributed by atoms with Gasteiger partial charge in [-0.2, -0.15) is 0 Å². The number of aryl methyl sites for hydroxylation is 1. The molecule has 1 N–H and O–H groups in total. The fourth-order valence-corrected chi connectivity index (χ4v) is 1.72. The van der Waals surface area contributed by atoms with Crippen LogP contribution in [0.3, 0.4) is 0 Å². The number of ether oxygens (including phenoxy) is 1. The molecule has 0 bridgehead atoms. The van der Waals surface area contributed by atoms with Crippen LogP contribution in [0.1, 0.15) is 15.9 Å². The molecule has 0 aromatic heterocycles. The van der Waals surface area contributed by atoms with E-state index in [-0.39, 0.29) is 11.3 Å². The van der Waals surface area contributed by atoms with Gasteiger partial charge in [0.2, 0.25) is 0 Å². The van der Waals surface area contributed by atoms with Crippen molar-refractivity contribution < 1.29 is 14.6 Å². The molecule has 3 nitrogen and oxygen atoms in total. The van der Waals surface area contributed by atoms with Crippen molar-refractivity contribution in [1.82, 2.24) is 0 Å². The maximum Gasteiger partial charge on any atom is 0.339 e. The van der Waals surface area contributed by atoms with E-state index < -0.39 is 5.97 Å². The summed E-state index contributed by atoms with van der Waals surface area (Å²) in [6, 6.07) is 11.9. The summed E-state index contributed by atoms with van der Waals surface area (Å²) in [4.78, 5) is 11.1. The maximum atomic E-state index is 11.1. The van der Waals surface area contributed by atoms with Gasteiger partial charge in [-0.25, -0.2) is 4.79 Å². The first-order valence-corrected chi connectivity index (χ1v) is 5.72. The lowest BCUT2D eigenvalue weighted by molar-refractivity contribution is 0.0694. The topological polar surface area (TPSA) is 46.5 Å². The van der Waals surface area contributed by atoms with Crippen LogP contribution in [-0.4, -0.2) is 11.1 Å². The lowest BCUT2D eigenvalue weighted by Gasteiger charge is -2.10. The molecule has 0 saturated heterocycles. The van der Waals surface area contributed by atoms with E-state index in [2.05, 4.69) is 0 Å². The Morgan fingerprint density at radius 3 is 2.56 bits per heavy atom. The van der Waals surface area contributed by atoms with Crippen LogP contribution in [0.2, 0.25) is 5.02 Å². The average molecular weight is 263 g/mol. The fourth-order valence-electron chi connectivity index (χ4n) is 1.55. The Balaban J connectivity index is 2.41. The normalized spacial score (nSPS) is 10.1. The Hall–Kier alpha value is -2.00. The van der Waals surface area contributed by atoms with Crippen molar-refractivity contribution in [3.63, 3.8) is 0 Å². The predicted molar refractivity (Wildman–Crippen MR) is 69.7 cm³/mol. The predicted octanol–water partition coefficient (Wildman–Crippen LogP) is 4.14. The van der Waals surface area contributed by atoms with E-state index in [4.69, 9.17) is 21.4 Å². The summed E-state index contributed by atoms with van der Waals surface area (Å²) in [6.07, 6.45) is 0. The second-order valence-electron chi connectivity index (χ2n) is 3.84. The largest absolute Gasteiger partial charge is 0.478 e. The first-order chi connectivity index (χ1) is 8.58. The highest BCUT2D eigenvalue weighted by molar-refractivity contribution is 6.32. The third kappa shape index (κ3) is 2.63. The summed E-state index contributed by atoms with van der Waals surface area (Å²) in [5.41, 5.74) is 0.980. The Labute approximate surface area is 110 Å². The summed E-state index contributed by atoms with van der Waals surface area (Å²) >= 11 is 5.96. The van der Waals surface area contributed by atoms with Gasteiger partial charge in [-0.1, -0.05) is 35.4 Å². The van der Waals surface area contributed by atoms with Crippen LogP contribution in [0.25, 0.3) is 0 Å². The Morgan fingerprint density at radius 2 is 1.89 bits per heavy atom. The van der Waals surface area contributed by atoms with Gasteiger partial charge in [-0.15, -0.1) is 0 Å². The first-order valence-electron chi connectivity index (χ1n) is 5.34. The fraction of sp³-hybridized carbons (Fsp3) is 0.0714. The number of carboxylic acids is 1. The van der Waals surface area contributed by atoms with Gasteiger partial charge in [0.1, 0.15) is 17.1 Å². The Kier molecular flexibility index (Phi) is 3.53. The number of hydrogen-bond acceptors (Lipinski definition) is 2. The second-order valence-corrected chi connectivity index (χ2v) is 4.24. The number of halogens is 1. The Bertz CT molecular complexity index is 593. The lowest BCUT2D eigenvalue weighted by atomic mass is 10.1. The van der Waals surface area contributed by atoms with E-state index in [1.807, 2.05) is 6.92 Å². The SMILES string of the molecule is Cc1ccc(Oc2ccccc2Cl)c(C(=O)O)c1. The second kappa shape index (κ2) is 5.10. The molecule has 2 aromatic carbocycles. The highest BCUT2D eigenvalue weighted by Gasteiger charge is 2.13. The quantitative estimate of drug-likeness (QED) is 0.904. The molecule has 0 saturated carbocycles. The van der Waals surface area contributed by atoms with Gasteiger partial charge in [0.15, 0.2) is 0 Å². The molecule has 0 atom stereocenters. The molecule has 0 aliphatic carbocycles. The molecule has 4 heteroatoms. The van der Waals surface area contributed by atoms with Gasteiger partial charge in [0.25, 0.3) is 0 Å². The first kappa shape index (κ1) is 12.5. The summed E-state index contributed by atoms with van der Waals surface area (Å²) in [5, 5.41) is 9.56. The highest BCUT2D eigenvalue weighted by atomic mass is 35.5. The van der Waals surface area contributed by atoms with Crippen molar-refractivity contribution in [3.8, 4) is 11.5 Å². The molecule has 0 heterocycles. The van der Waals surface area contributed by atoms with E-state index in [0.29, 0.717) is 10.8 Å². The molecule has 0 radical (unpaired) electrons. The monoisotopic (exact) mass is 262 g/mol. The van der Waals surface area contributed by atoms with Crippen molar-refractivity contribution in [3.05, 3.63) is 58.6 Å². The van der Waals surface area contributed by atoms with E-state index in [1.165, 1.54) is 0 Å². The molecular weight excluding hydrogens is 252 g/mol. The van der Waals surface area contributed by atoms with Gasteiger partial charge < -0.3 is 9.84 Å². The van der Waals surface area contributed by atoms with E-state index in [9.17, 15) is 4.79 Å². The van der Waals surface area contributed by atoms with Crippen LogP contribution in [0.4, 0.5) is 0 Å². The van der Waals surface area contributed by atoms with Crippen molar-refractivity contribution in [2.75, 3.05) is 0 Å². The summed E-state index contributed by atoms with van der Waals surface area (Å²) in [7, 11) is 0. The molecule has 0 unspecified atom stereocenters. The van der Waals surface area contributed by atoms with Gasteiger partial charge in [0, 0.05) is 0 Å². The standard InChI is InChI=1S/C14H11ClO3/c1-9-6-7-12(10(8-9)14(16)17)18-13-5-3-2-4-11(13)15/h2-8H,1H3,(H,16,17). The zero-order valence-corrected chi connectivity index (χ0v) is 10.4. The third-order valence-electron chi connectivity index (χ3n) is 2.42. The average Bonchev–Trinajstić information content (AvgIpc) is 2.34. The van der Waals surface area contributed by atoms with Crippen LogP contribution < -0.4 is 4.74 Å². The summed E-state index contributed by atoms with van der Waals surface area (Å²) in [5.74, 6) is -0.313. The van der Waals surface area contributed by atoms with Crippen molar-refractivity contribution in [1.29, 1.82) is 0 Å². The molecule has 92 valence electrons. The van der Waals surface area contributed by atoms with Crippen LogP contribution in [0.5, 0.6) is 11.5 Å². The molecule has 0 spiro atoms. The number of benzene rings is 2. The number of rotatable bonds is 3. The minimum Gasteiger partial charge on any atom is -0.478 e. The van der Waals surface area contributed by atoms with Crippen molar-refractivity contribution in [2.45, 2.75) is 6.92 Å². The van der Waals surface area contributed by atoms with E-state index in [1.54, 1.807) is 42.5 Å². The molecule has 2 aromatic rings. The molecule has 0 aliphatic heterocycles. The van der Waals surface area contributed by atoms with E-state index in [0.717, 1.165) is 5.56 Å². The molecule has 2 rings (SSSR count). The zero-order valence-electron chi connectivity index (χ0n) is 9.68. The summed E-state index contributed by atoms with van der Waals surface area (Å²) < 4.78 is 5.54. The highest BCUT2D eigenvalue weighted by Crippen LogP contribution is 2.31. The minimum atomic E-state index is -1.03. The maximum absolute atomic E-state index is 11.1. The molecule has 0 fully saturated rings. The number of carbonyl (C=O) groups is 1. The minimum absolute atomic E-state index is 0.120. The van der Waals surface area contributed by atoms with Crippen LogP contribution >= 0.6 is 11.6 Å². The lowest BCUT2D eigenvalue weighted by Crippen LogP contribution is -2.00. The molecule has 18 heavy (non-hydrogen) atoms. The van der Waals surface area contributed by atoms with Crippen LogP contribution in [0, 0.1) is 6.92 Å². The van der Waals surface area contributed by atoms with Gasteiger partial charge >= 0.3 is 5.97 Å². The van der Waals surface area contributed by atoms with Gasteiger partial charge in [-0.05, 0) is 31.2 Å². The summed E-state index contributed by atoms with van der Waals surface area (Å²) in [6.45, 7) is 1.83. The number of aromatic carboxylic acids is 1. The third-order valence-corrected chi connectivity index (χ3v) is 2.73. The molecule has 0 aliphatic rings. The van der Waals surface area contributed by atoms with Crippen LogP contribution in [0.15, 0.2) is 42.5 Å². The number of carboxylic acid groups (broad SMARTS) is 1. The smallest absolute Gasteiger partial charge is 0.339 e. The zero-order chi connectivity index (χ0) is 13.1.